The highest BCUT2D eigenvalue weighted by molar-refractivity contribution is 5.92. The summed E-state index contributed by atoms with van der Waals surface area (Å²) in [6.45, 7) is 3.13. The van der Waals surface area contributed by atoms with Crippen LogP contribution in [0.4, 0.5) is 0 Å². The van der Waals surface area contributed by atoms with Crippen molar-refractivity contribution < 1.29 is 23.4 Å². The summed E-state index contributed by atoms with van der Waals surface area (Å²) < 4.78 is 22.2. The molecule has 1 amide bonds. The normalized spacial score (nSPS) is 15.1. The molecule has 1 fully saturated rings. The van der Waals surface area contributed by atoms with E-state index in [0.29, 0.717) is 36.1 Å². The molecule has 134 valence electrons. The van der Waals surface area contributed by atoms with Crippen LogP contribution in [0.25, 0.3) is 0 Å². The third-order valence-electron chi connectivity index (χ3n) is 4.45. The molecular formula is C19H23NO5. The van der Waals surface area contributed by atoms with E-state index < -0.39 is 0 Å². The van der Waals surface area contributed by atoms with Crippen LogP contribution in [0, 0.1) is 6.92 Å². The minimum Gasteiger partial charge on any atom is -0.493 e. The lowest BCUT2D eigenvalue weighted by Gasteiger charge is -2.32. The van der Waals surface area contributed by atoms with Gasteiger partial charge in [-0.1, -0.05) is 6.07 Å². The Labute approximate surface area is 147 Å². The van der Waals surface area contributed by atoms with E-state index in [1.807, 2.05) is 30.0 Å². The molecule has 1 aliphatic heterocycles. The van der Waals surface area contributed by atoms with Crippen LogP contribution in [0.15, 0.2) is 34.9 Å². The van der Waals surface area contributed by atoms with Gasteiger partial charge in [0.15, 0.2) is 17.3 Å². The summed E-state index contributed by atoms with van der Waals surface area (Å²) in [6, 6.07) is 7.35. The molecular weight excluding hydrogens is 322 g/mol. The first kappa shape index (κ1) is 17.2. The first-order chi connectivity index (χ1) is 12.1. The molecule has 1 aromatic carbocycles. The number of carbonyl (C=O) groups is 1. The minimum atomic E-state index is -0.0594. The van der Waals surface area contributed by atoms with Gasteiger partial charge in [0, 0.05) is 31.5 Å². The monoisotopic (exact) mass is 345 g/mol. The van der Waals surface area contributed by atoms with E-state index in [-0.39, 0.29) is 12.0 Å². The first-order valence-corrected chi connectivity index (χ1v) is 8.35. The molecule has 0 spiro atoms. The van der Waals surface area contributed by atoms with E-state index in [1.165, 1.54) is 0 Å². The Bertz CT molecular complexity index is 709. The van der Waals surface area contributed by atoms with Crippen LogP contribution in [-0.2, 0) is 0 Å². The van der Waals surface area contributed by atoms with Crippen LogP contribution in [0.3, 0.4) is 0 Å². The number of para-hydroxylation sites is 1. The second-order valence-electron chi connectivity index (χ2n) is 6.03. The largest absolute Gasteiger partial charge is 0.493 e. The maximum atomic E-state index is 12.5. The number of piperidine rings is 1. The Kier molecular flexibility index (Phi) is 5.16. The maximum absolute atomic E-state index is 12.5. The molecule has 0 atom stereocenters. The lowest BCUT2D eigenvalue weighted by Crippen LogP contribution is -2.41. The van der Waals surface area contributed by atoms with Crippen molar-refractivity contribution >= 4 is 5.91 Å². The number of nitrogens with zero attached hydrogens (tertiary/aromatic N) is 1. The quantitative estimate of drug-likeness (QED) is 0.832. The smallest absolute Gasteiger partial charge is 0.289 e. The number of furan rings is 1. The zero-order valence-corrected chi connectivity index (χ0v) is 14.8. The van der Waals surface area contributed by atoms with Gasteiger partial charge in [-0.15, -0.1) is 0 Å². The highest BCUT2D eigenvalue weighted by Gasteiger charge is 2.28. The molecule has 1 saturated heterocycles. The fourth-order valence-electron chi connectivity index (χ4n) is 3.01. The summed E-state index contributed by atoms with van der Waals surface area (Å²) >= 11 is 0. The van der Waals surface area contributed by atoms with Crippen molar-refractivity contribution in [3.05, 3.63) is 41.9 Å². The van der Waals surface area contributed by atoms with E-state index in [1.54, 1.807) is 26.5 Å². The SMILES string of the molecule is COc1cccc(OC)c1OC1CCN(C(=O)c2occc2C)CC1. The third kappa shape index (κ3) is 3.57. The number of benzene rings is 1. The van der Waals surface area contributed by atoms with E-state index >= 15 is 0 Å². The van der Waals surface area contributed by atoms with Gasteiger partial charge in [0.05, 0.1) is 20.5 Å². The van der Waals surface area contributed by atoms with E-state index in [0.717, 1.165) is 18.4 Å². The van der Waals surface area contributed by atoms with Crippen molar-refractivity contribution in [3.8, 4) is 17.2 Å². The van der Waals surface area contributed by atoms with Crippen molar-refractivity contribution in [2.45, 2.75) is 25.9 Å². The number of carbonyl (C=O) groups excluding carboxylic acids is 1. The molecule has 2 heterocycles. The average molecular weight is 345 g/mol. The van der Waals surface area contributed by atoms with Crippen molar-refractivity contribution in [2.24, 2.45) is 0 Å². The van der Waals surface area contributed by atoms with Crippen LogP contribution in [0.5, 0.6) is 17.2 Å². The Morgan fingerprint density at radius 3 is 2.28 bits per heavy atom. The molecule has 25 heavy (non-hydrogen) atoms. The molecule has 0 unspecified atom stereocenters. The van der Waals surface area contributed by atoms with E-state index in [9.17, 15) is 4.79 Å². The van der Waals surface area contributed by atoms with Crippen molar-refractivity contribution in [3.63, 3.8) is 0 Å². The fraction of sp³-hybridized carbons (Fsp3) is 0.421. The van der Waals surface area contributed by atoms with Gasteiger partial charge < -0.3 is 23.5 Å². The lowest BCUT2D eigenvalue weighted by atomic mass is 10.1. The summed E-state index contributed by atoms with van der Waals surface area (Å²) in [6.07, 6.45) is 3.04. The molecule has 1 aliphatic rings. The Balaban J connectivity index is 1.64. The average Bonchev–Trinajstić information content (AvgIpc) is 3.08. The zero-order chi connectivity index (χ0) is 17.8. The van der Waals surface area contributed by atoms with Gasteiger partial charge in [0.25, 0.3) is 5.91 Å². The molecule has 3 rings (SSSR count). The predicted octanol–water partition coefficient (Wildman–Crippen LogP) is 3.29. The summed E-state index contributed by atoms with van der Waals surface area (Å²) in [7, 11) is 3.21. The first-order valence-electron chi connectivity index (χ1n) is 8.35. The third-order valence-corrected chi connectivity index (χ3v) is 4.45. The number of methoxy groups -OCH3 is 2. The summed E-state index contributed by atoms with van der Waals surface area (Å²) in [4.78, 5) is 14.3. The summed E-state index contributed by atoms with van der Waals surface area (Å²) in [5.41, 5.74) is 0.863. The van der Waals surface area contributed by atoms with Crippen molar-refractivity contribution in [2.75, 3.05) is 27.3 Å². The topological polar surface area (TPSA) is 61.1 Å². The van der Waals surface area contributed by atoms with Crippen LogP contribution >= 0.6 is 0 Å². The minimum absolute atomic E-state index is 0.00643. The number of likely N-dealkylation sites (tertiary alicyclic amines) is 1. The highest BCUT2D eigenvalue weighted by Crippen LogP contribution is 2.38. The van der Waals surface area contributed by atoms with Gasteiger partial charge >= 0.3 is 0 Å². The van der Waals surface area contributed by atoms with E-state index in [4.69, 9.17) is 18.6 Å². The zero-order valence-electron chi connectivity index (χ0n) is 14.8. The molecule has 1 aromatic heterocycles. The Hall–Kier alpha value is -2.63. The van der Waals surface area contributed by atoms with Gasteiger partial charge in [0.2, 0.25) is 5.75 Å². The molecule has 0 radical (unpaired) electrons. The molecule has 0 saturated carbocycles. The second-order valence-corrected chi connectivity index (χ2v) is 6.03. The Morgan fingerprint density at radius 1 is 1.12 bits per heavy atom. The van der Waals surface area contributed by atoms with Crippen LogP contribution in [0.2, 0.25) is 0 Å². The molecule has 6 heteroatoms. The fourth-order valence-corrected chi connectivity index (χ4v) is 3.01. The number of amides is 1. The second kappa shape index (κ2) is 7.51. The maximum Gasteiger partial charge on any atom is 0.289 e. The van der Waals surface area contributed by atoms with Crippen LogP contribution in [0.1, 0.15) is 29.0 Å². The van der Waals surface area contributed by atoms with Gasteiger partial charge in [-0.2, -0.15) is 0 Å². The van der Waals surface area contributed by atoms with Gasteiger partial charge in [-0.3, -0.25) is 4.79 Å². The van der Waals surface area contributed by atoms with Crippen molar-refractivity contribution in [1.82, 2.24) is 4.90 Å². The number of hydrogen-bond donors (Lipinski definition) is 0. The van der Waals surface area contributed by atoms with Crippen LogP contribution in [-0.4, -0.2) is 44.2 Å². The molecule has 0 bridgehead atoms. The van der Waals surface area contributed by atoms with Crippen molar-refractivity contribution in [1.29, 1.82) is 0 Å². The summed E-state index contributed by atoms with van der Waals surface area (Å²) in [5, 5.41) is 0. The Morgan fingerprint density at radius 2 is 1.76 bits per heavy atom. The molecule has 0 aliphatic carbocycles. The number of hydrogen-bond acceptors (Lipinski definition) is 5. The lowest BCUT2D eigenvalue weighted by molar-refractivity contribution is 0.0556. The van der Waals surface area contributed by atoms with Gasteiger partial charge in [-0.05, 0) is 25.1 Å². The molecule has 6 nitrogen and oxygen atoms in total. The van der Waals surface area contributed by atoms with Gasteiger partial charge in [0.1, 0.15) is 6.10 Å². The van der Waals surface area contributed by atoms with E-state index in [2.05, 4.69) is 0 Å². The number of rotatable bonds is 5. The van der Waals surface area contributed by atoms with Gasteiger partial charge in [-0.25, -0.2) is 0 Å². The predicted molar refractivity (Wildman–Crippen MR) is 92.5 cm³/mol. The van der Waals surface area contributed by atoms with Crippen LogP contribution < -0.4 is 14.2 Å². The standard InChI is InChI=1S/C19H23NO5/c1-13-9-12-24-17(13)19(21)20-10-7-14(8-11-20)25-18-15(22-2)5-4-6-16(18)23-3/h4-6,9,12,14H,7-8,10-11H2,1-3H3. The molecule has 2 aromatic rings. The summed E-state index contributed by atoms with van der Waals surface area (Å²) in [5.74, 6) is 2.26. The molecule has 0 N–H and O–H groups in total. The highest BCUT2D eigenvalue weighted by atomic mass is 16.5. The number of aryl methyl sites for hydroxylation is 1. The number of ether oxygens (including phenoxy) is 3.